The summed E-state index contributed by atoms with van der Waals surface area (Å²) >= 11 is 1.83. The Morgan fingerprint density at radius 2 is 2.30 bits per heavy atom. The molecule has 2 rings (SSSR count). The van der Waals surface area contributed by atoms with Crippen molar-refractivity contribution in [2.45, 2.75) is 58.7 Å². The second-order valence-corrected chi connectivity index (χ2v) is 6.58. The second kappa shape index (κ2) is 7.96. The van der Waals surface area contributed by atoms with E-state index in [4.69, 9.17) is 9.72 Å². The molecule has 114 valence electrons. The molecule has 1 aromatic heterocycles. The highest BCUT2D eigenvalue weighted by molar-refractivity contribution is 7.15. The van der Waals surface area contributed by atoms with Crippen molar-refractivity contribution in [3.63, 3.8) is 0 Å². The number of ether oxygens (including phenoxy) is 1. The number of rotatable bonds is 7. The van der Waals surface area contributed by atoms with Gasteiger partial charge in [0.1, 0.15) is 0 Å². The minimum Gasteiger partial charge on any atom is -0.378 e. The number of piperidine rings is 1. The number of anilines is 1. The first kappa shape index (κ1) is 15.7. The summed E-state index contributed by atoms with van der Waals surface area (Å²) in [7, 11) is 1.74. The van der Waals surface area contributed by atoms with E-state index < -0.39 is 0 Å². The quantitative estimate of drug-likeness (QED) is 0.784. The molecular weight excluding hydrogens is 270 g/mol. The zero-order chi connectivity index (χ0) is 14.4. The van der Waals surface area contributed by atoms with Crippen LogP contribution in [-0.4, -0.2) is 31.2 Å². The van der Waals surface area contributed by atoms with Crippen LogP contribution in [0.3, 0.4) is 0 Å². The average Bonchev–Trinajstić information content (AvgIpc) is 2.83. The monoisotopic (exact) mass is 297 g/mol. The van der Waals surface area contributed by atoms with E-state index >= 15 is 0 Å². The van der Waals surface area contributed by atoms with Gasteiger partial charge in [0.05, 0.1) is 12.3 Å². The Morgan fingerprint density at radius 3 is 3.00 bits per heavy atom. The number of hydrogen-bond acceptors (Lipinski definition) is 5. The van der Waals surface area contributed by atoms with Gasteiger partial charge in [-0.25, -0.2) is 4.98 Å². The lowest BCUT2D eigenvalue weighted by Gasteiger charge is -2.33. The Bertz CT molecular complexity index is 408. The molecule has 5 heteroatoms. The molecule has 1 aliphatic heterocycles. The molecule has 0 aliphatic carbocycles. The predicted molar refractivity (Wildman–Crippen MR) is 85.5 cm³/mol. The SMILES string of the molecule is CCCNCc1sc(N2CCCCC2C)nc1COC. The van der Waals surface area contributed by atoms with Crippen LogP contribution in [0.5, 0.6) is 0 Å². The summed E-state index contributed by atoms with van der Waals surface area (Å²) in [6, 6.07) is 0.613. The standard InChI is InChI=1S/C15H27N3OS/c1-4-8-16-10-14-13(11-19-3)17-15(20-14)18-9-6-5-7-12(18)2/h12,16H,4-11H2,1-3H3. The Labute approximate surface area is 126 Å². The number of aromatic nitrogens is 1. The van der Waals surface area contributed by atoms with Crippen LogP contribution >= 0.6 is 11.3 Å². The van der Waals surface area contributed by atoms with Crippen LogP contribution in [0.25, 0.3) is 0 Å². The smallest absolute Gasteiger partial charge is 0.186 e. The van der Waals surface area contributed by atoms with E-state index in [0.29, 0.717) is 12.6 Å². The third-order valence-corrected chi connectivity index (χ3v) is 4.94. The summed E-state index contributed by atoms with van der Waals surface area (Å²) < 4.78 is 5.30. The van der Waals surface area contributed by atoms with Gasteiger partial charge in [-0.1, -0.05) is 6.92 Å². The van der Waals surface area contributed by atoms with Crippen molar-refractivity contribution in [2.24, 2.45) is 0 Å². The van der Waals surface area contributed by atoms with Gasteiger partial charge in [-0.05, 0) is 39.2 Å². The second-order valence-electron chi connectivity index (χ2n) is 5.51. The number of nitrogens with one attached hydrogen (secondary N) is 1. The third-order valence-electron chi connectivity index (χ3n) is 3.81. The van der Waals surface area contributed by atoms with Gasteiger partial charge in [0.25, 0.3) is 0 Å². The van der Waals surface area contributed by atoms with E-state index in [1.54, 1.807) is 7.11 Å². The van der Waals surface area contributed by atoms with E-state index in [2.05, 4.69) is 24.1 Å². The highest BCUT2D eigenvalue weighted by atomic mass is 32.1. The van der Waals surface area contributed by atoms with Gasteiger partial charge in [-0.3, -0.25) is 0 Å². The topological polar surface area (TPSA) is 37.4 Å². The fraction of sp³-hybridized carbons (Fsp3) is 0.800. The molecule has 2 heterocycles. The molecule has 1 saturated heterocycles. The number of methoxy groups -OCH3 is 1. The summed E-state index contributed by atoms with van der Waals surface area (Å²) in [6.45, 7) is 8.22. The van der Waals surface area contributed by atoms with Crippen molar-refractivity contribution in [1.29, 1.82) is 0 Å². The number of hydrogen-bond donors (Lipinski definition) is 1. The minimum absolute atomic E-state index is 0.613. The zero-order valence-electron chi connectivity index (χ0n) is 12.9. The fourth-order valence-electron chi connectivity index (χ4n) is 2.64. The van der Waals surface area contributed by atoms with Crippen molar-refractivity contribution in [3.05, 3.63) is 10.6 Å². The predicted octanol–water partition coefficient (Wildman–Crippen LogP) is 3.17. The summed E-state index contributed by atoms with van der Waals surface area (Å²) in [4.78, 5) is 8.63. The van der Waals surface area contributed by atoms with E-state index in [0.717, 1.165) is 31.7 Å². The van der Waals surface area contributed by atoms with Gasteiger partial charge < -0.3 is 15.0 Å². The molecule has 1 atom stereocenters. The Balaban J connectivity index is 2.10. The molecule has 1 unspecified atom stereocenters. The van der Waals surface area contributed by atoms with Crippen LogP contribution in [-0.2, 0) is 17.9 Å². The average molecular weight is 297 g/mol. The first-order valence-corrected chi connectivity index (χ1v) is 8.52. The molecule has 0 amide bonds. The Hall–Kier alpha value is -0.650. The van der Waals surface area contributed by atoms with Gasteiger partial charge in [-0.2, -0.15) is 0 Å². The van der Waals surface area contributed by atoms with Crippen LogP contribution in [0.4, 0.5) is 5.13 Å². The maximum atomic E-state index is 5.30. The van der Waals surface area contributed by atoms with Gasteiger partial charge in [0.15, 0.2) is 5.13 Å². The van der Waals surface area contributed by atoms with E-state index in [9.17, 15) is 0 Å². The molecule has 1 fully saturated rings. The van der Waals surface area contributed by atoms with E-state index in [-0.39, 0.29) is 0 Å². The maximum absolute atomic E-state index is 5.30. The van der Waals surface area contributed by atoms with Crippen LogP contribution in [0, 0.1) is 0 Å². The summed E-state index contributed by atoms with van der Waals surface area (Å²) in [5, 5.41) is 4.65. The summed E-state index contributed by atoms with van der Waals surface area (Å²) in [6.07, 6.45) is 5.07. The molecule has 0 saturated carbocycles. The molecule has 1 N–H and O–H groups in total. The van der Waals surface area contributed by atoms with Crippen LogP contribution in [0.1, 0.15) is 50.1 Å². The highest BCUT2D eigenvalue weighted by Gasteiger charge is 2.23. The van der Waals surface area contributed by atoms with Gasteiger partial charge in [0.2, 0.25) is 0 Å². The largest absolute Gasteiger partial charge is 0.378 e. The summed E-state index contributed by atoms with van der Waals surface area (Å²) in [5.74, 6) is 0. The van der Waals surface area contributed by atoms with Crippen molar-refractivity contribution >= 4 is 16.5 Å². The third kappa shape index (κ3) is 3.93. The Morgan fingerprint density at radius 1 is 1.45 bits per heavy atom. The van der Waals surface area contributed by atoms with Crippen LogP contribution in [0.2, 0.25) is 0 Å². The molecular formula is C15H27N3OS. The lowest BCUT2D eigenvalue weighted by molar-refractivity contribution is 0.181. The summed E-state index contributed by atoms with van der Waals surface area (Å²) in [5.41, 5.74) is 1.11. The van der Waals surface area contributed by atoms with Crippen molar-refractivity contribution in [2.75, 3.05) is 25.1 Å². The zero-order valence-corrected chi connectivity index (χ0v) is 13.8. The van der Waals surface area contributed by atoms with Crippen LogP contribution in [0.15, 0.2) is 0 Å². The molecule has 0 bridgehead atoms. The van der Waals surface area contributed by atoms with Gasteiger partial charge in [0, 0.05) is 31.1 Å². The fourth-order valence-corrected chi connectivity index (χ4v) is 3.80. The maximum Gasteiger partial charge on any atom is 0.186 e. The molecule has 4 nitrogen and oxygen atoms in total. The van der Waals surface area contributed by atoms with Gasteiger partial charge in [-0.15, -0.1) is 11.3 Å². The number of thiazole rings is 1. The molecule has 0 spiro atoms. The molecule has 1 aromatic rings. The van der Waals surface area contributed by atoms with Gasteiger partial charge >= 0.3 is 0 Å². The Kier molecular flexibility index (Phi) is 6.26. The van der Waals surface area contributed by atoms with Crippen molar-refractivity contribution < 1.29 is 4.74 Å². The number of nitrogens with zero attached hydrogens (tertiary/aromatic N) is 2. The van der Waals surface area contributed by atoms with Crippen molar-refractivity contribution in [1.82, 2.24) is 10.3 Å². The highest BCUT2D eigenvalue weighted by Crippen LogP contribution is 2.31. The lowest BCUT2D eigenvalue weighted by atomic mass is 10.1. The van der Waals surface area contributed by atoms with E-state index in [1.165, 1.54) is 29.3 Å². The minimum atomic E-state index is 0.613. The van der Waals surface area contributed by atoms with Crippen LogP contribution < -0.4 is 10.2 Å². The first-order chi connectivity index (χ1) is 9.76. The molecule has 0 radical (unpaired) electrons. The van der Waals surface area contributed by atoms with E-state index in [1.807, 2.05) is 11.3 Å². The normalized spacial score (nSPS) is 19.6. The molecule has 1 aliphatic rings. The molecule has 20 heavy (non-hydrogen) atoms. The van der Waals surface area contributed by atoms with Crippen molar-refractivity contribution in [3.8, 4) is 0 Å². The molecule has 0 aromatic carbocycles. The first-order valence-electron chi connectivity index (χ1n) is 7.71. The lowest BCUT2D eigenvalue weighted by Crippen LogP contribution is -2.37.